The average Bonchev–Trinajstić information content (AvgIpc) is 3.02. The number of carbonyl (C=O) groups is 1. The van der Waals surface area contributed by atoms with Crippen LogP contribution >= 0.6 is 0 Å². The Morgan fingerprint density at radius 2 is 2.03 bits per heavy atom. The first kappa shape index (κ1) is 21.0. The topological polar surface area (TPSA) is 111 Å². The Balaban J connectivity index is 2.23. The van der Waals surface area contributed by atoms with Crippen molar-refractivity contribution in [2.75, 3.05) is 5.75 Å². The van der Waals surface area contributed by atoms with Gasteiger partial charge in [0.15, 0.2) is 15.6 Å². The van der Waals surface area contributed by atoms with E-state index in [2.05, 4.69) is 10.3 Å². The highest BCUT2D eigenvalue weighted by Gasteiger charge is 2.34. The Morgan fingerprint density at radius 3 is 2.62 bits per heavy atom. The SMILES string of the molecule is CCn1ncc(C(=O)c2cc(C)c3c(c2C)/C(=N\OC(C)C)CCS3(=O)=O)c1O. The third kappa shape index (κ3) is 3.66. The number of nitrogens with zero attached hydrogens (tertiary/aromatic N) is 3. The number of sulfone groups is 1. The molecule has 9 heteroatoms. The van der Waals surface area contributed by atoms with E-state index in [4.69, 9.17) is 4.84 Å². The summed E-state index contributed by atoms with van der Waals surface area (Å²) in [6.45, 7) is 9.24. The van der Waals surface area contributed by atoms with Crippen LogP contribution in [0.25, 0.3) is 0 Å². The summed E-state index contributed by atoms with van der Waals surface area (Å²) in [5.41, 5.74) is 2.27. The van der Waals surface area contributed by atoms with Gasteiger partial charge in [-0.25, -0.2) is 13.1 Å². The van der Waals surface area contributed by atoms with Gasteiger partial charge in [0, 0.05) is 24.1 Å². The van der Waals surface area contributed by atoms with E-state index >= 15 is 0 Å². The van der Waals surface area contributed by atoms with Gasteiger partial charge in [0.25, 0.3) is 0 Å². The van der Waals surface area contributed by atoms with Crippen molar-refractivity contribution in [2.24, 2.45) is 5.16 Å². The van der Waals surface area contributed by atoms with Gasteiger partial charge in [-0.3, -0.25) is 4.79 Å². The molecule has 1 aromatic heterocycles. The number of rotatable bonds is 5. The van der Waals surface area contributed by atoms with Crippen LogP contribution in [0.3, 0.4) is 0 Å². The molecule has 2 aromatic rings. The molecule has 0 fully saturated rings. The van der Waals surface area contributed by atoms with E-state index in [9.17, 15) is 18.3 Å². The Morgan fingerprint density at radius 1 is 1.34 bits per heavy atom. The van der Waals surface area contributed by atoms with Crippen LogP contribution in [0.15, 0.2) is 22.3 Å². The van der Waals surface area contributed by atoms with E-state index in [1.54, 1.807) is 26.8 Å². The van der Waals surface area contributed by atoms with E-state index in [0.717, 1.165) is 0 Å². The molecule has 0 radical (unpaired) electrons. The molecule has 156 valence electrons. The molecule has 1 aromatic carbocycles. The second-order valence-electron chi connectivity index (χ2n) is 7.36. The van der Waals surface area contributed by atoms with E-state index in [0.29, 0.717) is 34.5 Å². The Labute approximate surface area is 170 Å². The van der Waals surface area contributed by atoms with Gasteiger partial charge in [0.1, 0.15) is 11.7 Å². The molecule has 0 saturated carbocycles. The van der Waals surface area contributed by atoms with Crippen molar-refractivity contribution in [3.05, 3.63) is 40.1 Å². The van der Waals surface area contributed by atoms with Gasteiger partial charge in [-0.1, -0.05) is 5.16 Å². The molecule has 2 heterocycles. The molecule has 3 rings (SSSR count). The number of ketones is 1. The summed E-state index contributed by atoms with van der Waals surface area (Å²) in [6.07, 6.45) is 1.37. The minimum atomic E-state index is -3.50. The number of aryl methyl sites for hydroxylation is 2. The van der Waals surface area contributed by atoms with Crippen LogP contribution in [0.2, 0.25) is 0 Å². The molecule has 0 atom stereocenters. The summed E-state index contributed by atoms with van der Waals surface area (Å²) in [5, 5.41) is 18.5. The Bertz CT molecular complexity index is 1110. The lowest BCUT2D eigenvalue weighted by Crippen LogP contribution is -2.26. The van der Waals surface area contributed by atoms with Crippen LogP contribution in [-0.4, -0.2) is 46.7 Å². The zero-order chi connectivity index (χ0) is 21.5. The summed E-state index contributed by atoms with van der Waals surface area (Å²) in [4.78, 5) is 18.7. The standard InChI is InChI=1S/C20H25N3O5S/c1-6-23-20(25)15(10-21-23)18(24)14-9-12(4)19-17(13(14)5)16(22-28-11(2)3)7-8-29(19,26)27/h9-11,25H,6-8H2,1-5H3/b22-16-. The highest BCUT2D eigenvalue weighted by Crippen LogP contribution is 2.35. The van der Waals surface area contributed by atoms with Crippen molar-refractivity contribution < 1.29 is 23.2 Å². The molecular formula is C20H25N3O5S. The largest absolute Gasteiger partial charge is 0.493 e. The van der Waals surface area contributed by atoms with Gasteiger partial charge < -0.3 is 9.94 Å². The second-order valence-corrected chi connectivity index (χ2v) is 9.40. The maximum absolute atomic E-state index is 13.2. The lowest BCUT2D eigenvalue weighted by Gasteiger charge is -2.24. The third-order valence-corrected chi connectivity index (χ3v) is 6.80. The lowest BCUT2D eigenvalue weighted by atomic mass is 9.91. The number of aromatic nitrogens is 2. The Hall–Kier alpha value is -2.68. The fourth-order valence-corrected chi connectivity index (χ4v) is 5.31. The molecule has 29 heavy (non-hydrogen) atoms. The molecule has 0 spiro atoms. The number of carbonyl (C=O) groups excluding carboxylic acids is 1. The fourth-order valence-electron chi connectivity index (χ4n) is 3.51. The number of fused-ring (bicyclic) bond motifs is 1. The molecule has 0 bridgehead atoms. The van der Waals surface area contributed by atoms with E-state index < -0.39 is 15.6 Å². The zero-order valence-corrected chi connectivity index (χ0v) is 18.0. The average molecular weight is 420 g/mol. The van der Waals surface area contributed by atoms with Gasteiger partial charge in [0.05, 0.1) is 22.6 Å². The van der Waals surface area contributed by atoms with Gasteiger partial charge in [-0.15, -0.1) is 0 Å². The normalized spacial score (nSPS) is 16.8. The maximum atomic E-state index is 13.2. The highest BCUT2D eigenvalue weighted by atomic mass is 32.2. The molecule has 0 aliphatic carbocycles. The monoisotopic (exact) mass is 419 g/mol. The number of hydrogen-bond donors (Lipinski definition) is 1. The third-order valence-electron chi connectivity index (χ3n) is 4.91. The molecule has 8 nitrogen and oxygen atoms in total. The summed E-state index contributed by atoms with van der Waals surface area (Å²) in [7, 11) is -3.50. The molecule has 0 unspecified atom stereocenters. The summed E-state index contributed by atoms with van der Waals surface area (Å²) >= 11 is 0. The van der Waals surface area contributed by atoms with Crippen molar-refractivity contribution in [3.8, 4) is 5.88 Å². The first-order chi connectivity index (χ1) is 13.6. The van der Waals surface area contributed by atoms with Crippen molar-refractivity contribution in [2.45, 2.75) is 58.6 Å². The summed E-state index contributed by atoms with van der Waals surface area (Å²) < 4.78 is 26.8. The summed E-state index contributed by atoms with van der Waals surface area (Å²) in [6, 6.07) is 1.56. The minimum Gasteiger partial charge on any atom is -0.493 e. The molecule has 0 saturated heterocycles. The van der Waals surface area contributed by atoms with Crippen LogP contribution in [0.5, 0.6) is 5.88 Å². The summed E-state index contributed by atoms with van der Waals surface area (Å²) in [5.74, 6) is -0.688. The van der Waals surface area contributed by atoms with Crippen molar-refractivity contribution in [1.82, 2.24) is 9.78 Å². The van der Waals surface area contributed by atoms with Crippen LogP contribution < -0.4 is 0 Å². The molecule has 1 aliphatic heterocycles. The van der Waals surface area contributed by atoms with Gasteiger partial charge in [-0.2, -0.15) is 5.10 Å². The van der Waals surface area contributed by atoms with Crippen molar-refractivity contribution in [3.63, 3.8) is 0 Å². The first-order valence-electron chi connectivity index (χ1n) is 9.48. The van der Waals surface area contributed by atoms with Crippen LogP contribution in [-0.2, 0) is 21.2 Å². The maximum Gasteiger partial charge on any atom is 0.220 e. The van der Waals surface area contributed by atoms with Crippen LogP contribution in [0.1, 0.15) is 59.8 Å². The van der Waals surface area contributed by atoms with E-state index in [1.807, 2.05) is 13.8 Å². The lowest BCUT2D eigenvalue weighted by molar-refractivity contribution is 0.0856. The van der Waals surface area contributed by atoms with Crippen LogP contribution in [0, 0.1) is 13.8 Å². The van der Waals surface area contributed by atoms with Gasteiger partial charge in [-0.05, 0) is 51.8 Å². The minimum absolute atomic E-state index is 0.0576. The zero-order valence-electron chi connectivity index (χ0n) is 17.2. The van der Waals surface area contributed by atoms with Crippen molar-refractivity contribution in [1.29, 1.82) is 0 Å². The Kier molecular flexibility index (Phi) is 5.53. The smallest absolute Gasteiger partial charge is 0.220 e. The van der Waals surface area contributed by atoms with E-state index in [-0.39, 0.29) is 34.6 Å². The predicted octanol–water partition coefficient (Wildman–Crippen LogP) is 2.76. The molecule has 0 amide bonds. The number of aromatic hydroxyl groups is 1. The quantitative estimate of drug-likeness (QED) is 0.589. The second kappa shape index (κ2) is 7.62. The van der Waals surface area contributed by atoms with E-state index in [1.165, 1.54) is 10.9 Å². The molecule has 1 N–H and O–H groups in total. The molecular weight excluding hydrogens is 394 g/mol. The fraction of sp³-hybridized carbons (Fsp3) is 0.450. The number of benzene rings is 1. The number of oxime groups is 1. The first-order valence-corrected chi connectivity index (χ1v) is 11.1. The number of hydrogen-bond acceptors (Lipinski definition) is 7. The van der Waals surface area contributed by atoms with Gasteiger partial charge in [0.2, 0.25) is 5.88 Å². The predicted molar refractivity (Wildman–Crippen MR) is 108 cm³/mol. The van der Waals surface area contributed by atoms with Crippen LogP contribution in [0.4, 0.5) is 0 Å². The van der Waals surface area contributed by atoms with Gasteiger partial charge >= 0.3 is 0 Å². The highest BCUT2D eigenvalue weighted by molar-refractivity contribution is 7.91. The molecule has 1 aliphatic rings. The van der Waals surface area contributed by atoms with Crippen molar-refractivity contribution >= 4 is 21.3 Å².